The van der Waals surface area contributed by atoms with Crippen molar-refractivity contribution < 1.29 is 14.7 Å². The van der Waals surface area contributed by atoms with E-state index in [2.05, 4.69) is 0 Å². The standard InChI is InChI=1S/C29H29N3O3/c33-28(31(29(34)35)20-21-12-4-1-5-13-21)26(22-14-6-2-7-15-22)32-25-19-11-10-18-24(25)30-27(32)23-16-8-3-9-17-23/h1,3-5,8-13,16-19,22,26H,2,6-7,14-15,20H2,(H,34,35). The second kappa shape index (κ2) is 10.1. The highest BCUT2D eigenvalue weighted by molar-refractivity contribution is 5.95. The molecular formula is C29H29N3O3. The minimum atomic E-state index is -1.23. The molecule has 1 heterocycles. The summed E-state index contributed by atoms with van der Waals surface area (Å²) in [5.41, 5.74) is 3.33. The third kappa shape index (κ3) is 4.69. The number of nitrogens with zero attached hydrogens (tertiary/aromatic N) is 3. The molecule has 6 nitrogen and oxygen atoms in total. The lowest BCUT2D eigenvalue weighted by Crippen LogP contribution is -2.43. The highest BCUT2D eigenvalue weighted by atomic mass is 16.4. The average Bonchev–Trinajstić information content (AvgIpc) is 3.28. The Bertz CT molecular complexity index is 1310. The predicted octanol–water partition coefficient (Wildman–Crippen LogP) is 6.53. The molecule has 0 saturated heterocycles. The second-order valence-corrected chi connectivity index (χ2v) is 9.20. The van der Waals surface area contributed by atoms with Crippen LogP contribution in [0.5, 0.6) is 0 Å². The van der Waals surface area contributed by atoms with E-state index >= 15 is 0 Å². The van der Waals surface area contributed by atoms with Crippen LogP contribution in [0.4, 0.5) is 4.79 Å². The van der Waals surface area contributed by atoms with Gasteiger partial charge in [0, 0.05) is 5.56 Å². The van der Waals surface area contributed by atoms with Gasteiger partial charge in [0.05, 0.1) is 17.6 Å². The van der Waals surface area contributed by atoms with Crippen LogP contribution in [0.3, 0.4) is 0 Å². The molecule has 1 fully saturated rings. The quantitative estimate of drug-likeness (QED) is 0.350. The summed E-state index contributed by atoms with van der Waals surface area (Å²) in [5, 5.41) is 10.1. The fourth-order valence-corrected chi connectivity index (χ4v) is 5.26. The van der Waals surface area contributed by atoms with Gasteiger partial charge >= 0.3 is 6.09 Å². The van der Waals surface area contributed by atoms with E-state index in [-0.39, 0.29) is 12.5 Å². The fourth-order valence-electron chi connectivity index (χ4n) is 5.26. The first-order valence-corrected chi connectivity index (χ1v) is 12.2. The number of amides is 2. The molecule has 0 aliphatic heterocycles. The monoisotopic (exact) mass is 467 g/mol. The molecule has 0 spiro atoms. The molecule has 35 heavy (non-hydrogen) atoms. The number of hydrogen-bond acceptors (Lipinski definition) is 3. The zero-order valence-corrected chi connectivity index (χ0v) is 19.6. The van der Waals surface area contributed by atoms with Crippen molar-refractivity contribution in [1.29, 1.82) is 0 Å². The van der Waals surface area contributed by atoms with Crippen molar-refractivity contribution in [3.05, 3.63) is 90.5 Å². The lowest BCUT2D eigenvalue weighted by Gasteiger charge is -2.34. The number of fused-ring (bicyclic) bond motifs is 1. The van der Waals surface area contributed by atoms with Crippen LogP contribution in [0.25, 0.3) is 22.4 Å². The van der Waals surface area contributed by atoms with E-state index < -0.39 is 18.0 Å². The summed E-state index contributed by atoms with van der Waals surface area (Å²) >= 11 is 0. The van der Waals surface area contributed by atoms with E-state index in [9.17, 15) is 14.7 Å². The third-order valence-electron chi connectivity index (χ3n) is 6.94. The van der Waals surface area contributed by atoms with Crippen molar-refractivity contribution in [2.24, 2.45) is 5.92 Å². The second-order valence-electron chi connectivity index (χ2n) is 9.20. The summed E-state index contributed by atoms with van der Waals surface area (Å²) in [5.74, 6) is 0.336. The Morgan fingerprint density at radius 1 is 0.886 bits per heavy atom. The lowest BCUT2D eigenvalue weighted by molar-refractivity contribution is -0.135. The van der Waals surface area contributed by atoms with Gasteiger partial charge in [-0.25, -0.2) is 14.7 Å². The van der Waals surface area contributed by atoms with Crippen molar-refractivity contribution in [3.8, 4) is 11.4 Å². The number of aromatic nitrogens is 2. The minimum Gasteiger partial charge on any atom is -0.465 e. The number of carboxylic acid groups (broad SMARTS) is 1. The molecule has 1 unspecified atom stereocenters. The largest absolute Gasteiger partial charge is 0.465 e. The highest BCUT2D eigenvalue weighted by Gasteiger charge is 2.38. The molecular weight excluding hydrogens is 438 g/mol. The van der Waals surface area contributed by atoms with E-state index in [1.165, 1.54) is 0 Å². The molecule has 178 valence electrons. The summed E-state index contributed by atoms with van der Waals surface area (Å²) < 4.78 is 2.00. The van der Waals surface area contributed by atoms with Gasteiger partial charge in [0.1, 0.15) is 11.9 Å². The molecule has 1 aromatic heterocycles. The van der Waals surface area contributed by atoms with Crippen molar-refractivity contribution in [3.63, 3.8) is 0 Å². The number of para-hydroxylation sites is 2. The van der Waals surface area contributed by atoms with Gasteiger partial charge in [0.15, 0.2) is 0 Å². The van der Waals surface area contributed by atoms with Crippen LogP contribution >= 0.6 is 0 Å². The smallest absolute Gasteiger partial charge is 0.414 e. The fraction of sp³-hybridized carbons (Fsp3) is 0.276. The first-order chi connectivity index (χ1) is 17.1. The Labute approximate surface area is 204 Å². The minimum absolute atomic E-state index is 0.0194. The molecule has 1 N–H and O–H groups in total. The molecule has 1 aliphatic carbocycles. The van der Waals surface area contributed by atoms with Crippen LogP contribution in [0.1, 0.15) is 43.7 Å². The number of benzene rings is 3. The predicted molar refractivity (Wildman–Crippen MR) is 136 cm³/mol. The number of imide groups is 1. The summed E-state index contributed by atoms with van der Waals surface area (Å²) in [4.78, 5) is 32.5. The summed E-state index contributed by atoms with van der Waals surface area (Å²) in [7, 11) is 0. The summed E-state index contributed by atoms with van der Waals surface area (Å²) in [6, 6.07) is 26.3. The molecule has 0 bridgehead atoms. The Balaban J connectivity index is 1.66. The van der Waals surface area contributed by atoms with Crippen LogP contribution < -0.4 is 0 Å². The Morgan fingerprint density at radius 2 is 1.51 bits per heavy atom. The SMILES string of the molecule is O=C(O)N(Cc1ccccc1)C(=O)C(C1CCCCC1)n1c(-c2ccccc2)nc2ccccc21. The maximum atomic E-state index is 14.2. The average molecular weight is 468 g/mol. The van der Waals surface area contributed by atoms with E-state index in [1.54, 1.807) is 0 Å². The van der Waals surface area contributed by atoms with Crippen LogP contribution in [0, 0.1) is 5.92 Å². The molecule has 5 rings (SSSR count). The van der Waals surface area contributed by atoms with Crippen molar-refractivity contribution in [2.45, 2.75) is 44.7 Å². The van der Waals surface area contributed by atoms with Crippen molar-refractivity contribution in [1.82, 2.24) is 14.5 Å². The van der Waals surface area contributed by atoms with E-state index in [4.69, 9.17) is 4.98 Å². The van der Waals surface area contributed by atoms with E-state index in [0.717, 1.165) is 59.2 Å². The molecule has 2 amide bonds. The molecule has 0 radical (unpaired) electrons. The maximum Gasteiger partial charge on any atom is 0.414 e. The number of imidazole rings is 1. The van der Waals surface area contributed by atoms with E-state index in [1.807, 2.05) is 89.5 Å². The molecule has 1 atom stereocenters. The molecule has 3 aromatic carbocycles. The van der Waals surface area contributed by atoms with Gasteiger partial charge in [-0.05, 0) is 36.5 Å². The molecule has 1 saturated carbocycles. The van der Waals surface area contributed by atoms with Gasteiger partial charge in [0.2, 0.25) is 0 Å². The zero-order chi connectivity index (χ0) is 24.2. The number of hydrogen-bond donors (Lipinski definition) is 1. The van der Waals surface area contributed by atoms with Crippen LogP contribution in [-0.4, -0.2) is 31.6 Å². The van der Waals surface area contributed by atoms with Gasteiger partial charge < -0.3 is 9.67 Å². The van der Waals surface area contributed by atoms with Crippen LogP contribution in [0.2, 0.25) is 0 Å². The lowest BCUT2D eigenvalue weighted by atomic mass is 9.83. The Hall–Kier alpha value is -3.93. The van der Waals surface area contributed by atoms with Crippen LogP contribution in [0.15, 0.2) is 84.9 Å². The third-order valence-corrected chi connectivity index (χ3v) is 6.94. The topological polar surface area (TPSA) is 75.4 Å². The summed E-state index contributed by atoms with van der Waals surface area (Å²) in [6.45, 7) is 0.0194. The normalized spacial score (nSPS) is 15.1. The molecule has 6 heteroatoms. The Kier molecular flexibility index (Phi) is 6.62. The van der Waals surface area contributed by atoms with Crippen LogP contribution in [-0.2, 0) is 11.3 Å². The van der Waals surface area contributed by atoms with Crippen molar-refractivity contribution >= 4 is 23.0 Å². The zero-order valence-electron chi connectivity index (χ0n) is 19.6. The maximum absolute atomic E-state index is 14.2. The summed E-state index contributed by atoms with van der Waals surface area (Å²) in [6.07, 6.45) is 3.75. The van der Waals surface area contributed by atoms with Gasteiger partial charge in [0.25, 0.3) is 5.91 Å². The van der Waals surface area contributed by atoms with Crippen molar-refractivity contribution in [2.75, 3.05) is 0 Å². The van der Waals surface area contributed by atoms with Gasteiger partial charge in [-0.3, -0.25) is 4.79 Å². The number of carbonyl (C=O) groups is 2. The molecule has 4 aromatic rings. The first-order valence-electron chi connectivity index (χ1n) is 12.2. The van der Waals surface area contributed by atoms with Gasteiger partial charge in [-0.1, -0.05) is 92.1 Å². The van der Waals surface area contributed by atoms with Gasteiger partial charge in [-0.15, -0.1) is 0 Å². The Morgan fingerprint density at radius 3 is 2.20 bits per heavy atom. The van der Waals surface area contributed by atoms with E-state index in [0.29, 0.717) is 5.82 Å². The van der Waals surface area contributed by atoms with Gasteiger partial charge in [-0.2, -0.15) is 0 Å². The number of rotatable bonds is 6. The molecule has 1 aliphatic rings. The number of carbonyl (C=O) groups excluding carboxylic acids is 1. The highest BCUT2D eigenvalue weighted by Crippen LogP contribution is 2.39. The first kappa shape index (κ1) is 22.8.